The lowest BCUT2D eigenvalue weighted by Gasteiger charge is -2.24. The van der Waals surface area contributed by atoms with Crippen molar-refractivity contribution in [1.29, 1.82) is 0 Å². The Morgan fingerprint density at radius 2 is 1.83 bits per heavy atom. The van der Waals surface area contributed by atoms with E-state index in [-0.39, 0.29) is 13.2 Å². The van der Waals surface area contributed by atoms with E-state index in [0.717, 1.165) is 5.56 Å². The first-order valence-corrected chi connectivity index (χ1v) is 8.13. The van der Waals surface area contributed by atoms with E-state index in [1.807, 2.05) is 30.3 Å². The number of amides is 1. The number of nitrogens with one attached hydrogen (secondary N) is 1. The minimum absolute atomic E-state index is 0.0412. The molecule has 1 amide bonds. The van der Waals surface area contributed by atoms with Gasteiger partial charge in [0.05, 0.1) is 0 Å². The fraction of sp³-hybridized carbons (Fsp3) is 0.556. The SMILES string of the molecule is CC(C)(C)OC(=O)[C@@H](CCCCO)NC(=O)OCc1ccccc1. The molecule has 1 rings (SSSR count). The highest BCUT2D eigenvalue weighted by Crippen LogP contribution is 2.12. The molecule has 0 aliphatic rings. The molecule has 1 atom stereocenters. The van der Waals surface area contributed by atoms with Crippen molar-refractivity contribution in [2.75, 3.05) is 6.61 Å². The Labute approximate surface area is 143 Å². The molecule has 0 aliphatic carbocycles. The Hall–Kier alpha value is -2.08. The van der Waals surface area contributed by atoms with Gasteiger partial charge in [-0.25, -0.2) is 9.59 Å². The predicted octanol–water partition coefficient (Wildman–Crippen LogP) is 2.79. The molecule has 0 unspecified atom stereocenters. The second-order valence-corrected chi connectivity index (χ2v) is 6.51. The lowest BCUT2D eigenvalue weighted by atomic mass is 10.1. The van der Waals surface area contributed by atoms with Crippen LogP contribution in [0.1, 0.15) is 45.6 Å². The molecule has 134 valence electrons. The first-order valence-electron chi connectivity index (χ1n) is 8.13. The fourth-order valence-corrected chi connectivity index (χ4v) is 1.99. The first kappa shape index (κ1) is 20.0. The number of carbonyl (C=O) groups is 2. The van der Waals surface area contributed by atoms with E-state index in [2.05, 4.69) is 5.32 Å². The van der Waals surface area contributed by atoms with Crippen LogP contribution in [0.15, 0.2) is 30.3 Å². The van der Waals surface area contributed by atoms with E-state index >= 15 is 0 Å². The van der Waals surface area contributed by atoms with Crippen LogP contribution in [0, 0.1) is 0 Å². The van der Waals surface area contributed by atoms with Gasteiger partial charge in [0.25, 0.3) is 0 Å². The average Bonchev–Trinajstić information content (AvgIpc) is 2.51. The summed E-state index contributed by atoms with van der Waals surface area (Å²) in [6, 6.07) is 8.49. The van der Waals surface area contributed by atoms with Gasteiger partial charge in [-0.1, -0.05) is 30.3 Å². The van der Waals surface area contributed by atoms with E-state index in [1.54, 1.807) is 20.8 Å². The number of hydrogen-bond donors (Lipinski definition) is 2. The maximum atomic E-state index is 12.2. The van der Waals surface area contributed by atoms with Gasteiger partial charge in [-0.2, -0.15) is 0 Å². The summed E-state index contributed by atoms with van der Waals surface area (Å²) in [5, 5.41) is 11.4. The zero-order chi connectivity index (χ0) is 18.0. The Balaban J connectivity index is 2.55. The zero-order valence-corrected chi connectivity index (χ0v) is 14.6. The molecule has 0 saturated carbocycles. The molecular weight excluding hydrogens is 310 g/mol. The van der Waals surface area contributed by atoms with Crippen molar-refractivity contribution in [2.24, 2.45) is 0 Å². The molecule has 0 heterocycles. The summed E-state index contributed by atoms with van der Waals surface area (Å²) < 4.78 is 10.5. The number of benzene rings is 1. The number of aliphatic hydroxyl groups excluding tert-OH is 1. The van der Waals surface area contributed by atoms with Crippen molar-refractivity contribution in [3.8, 4) is 0 Å². The van der Waals surface area contributed by atoms with Gasteiger partial charge in [0.2, 0.25) is 0 Å². The third-order valence-electron chi connectivity index (χ3n) is 3.10. The molecule has 0 spiro atoms. The van der Waals surface area contributed by atoms with E-state index in [0.29, 0.717) is 19.3 Å². The number of ether oxygens (including phenoxy) is 2. The molecule has 1 aromatic rings. The van der Waals surface area contributed by atoms with E-state index in [9.17, 15) is 9.59 Å². The Morgan fingerprint density at radius 1 is 1.17 bits per heavy atom. The van der Waals surface area contributed by atoms with Crippen LogP contribution in [0.3, 0.4) is 0 Å². The third-order valence-corrected chi connectivity index (χ3v) is 3.10. The van der Waals surface area contributed by atoms with Gasteiger partial charge in [0.1, 0.15) is 18.2 Å². The molecular formula is C18H27NO5. The number of aliphatic hydroxyl groups is 1. The molecule has 0 saturated heterocycles. The van der Waals surface area contributed by atoms with Gasteiger partial charge in [-0.15, -0.1) is 0 Å². The van der Waals surface area contributed by atoms with Gasteiger partial charge in [0.15, 0.2) is 0 Å². The van der Waals surface area contributed by atoms with Crippen molar-refractivity contribution in [2.45, 2.75) is 58.3 Å². The molecule has 0 fully saturated rings. The minimum atomic E-state index is -0.793. The zero-order valence-electron chi connectivity index (χ0n) is 14.6. The molecule has 2 N–H and O–H groups in total. The highest BCUT2D eigenvalue weighted by molar-refractivity contribution is 5.81. The van der Waals surface area contributed by atoms with Crippen molar-refractivity contribution in [1.82, 2.24) is 5.32 Å². The minimum Gasteiger partial charge on any atom is -0.458 e. The Bertz CT molecular complexity index is 510. The van der Waals surface area contributed by atoms with Crippen LogP contribution in [0.25, 0.3) is 0 Å². The molecule has 24 heavy (non-hydrogen) atoms. The number of hydrogen-bond acceptors (Lipinski definition) is 5. The van der Waals surface area contributed by atoms with Crippen molar-refractivity contribution in [3.05, 3.63) is 35.9 Å². The van der Waals surface area contributed by atoms with Gasteiger partial charge >= 0.3 is 12.1 Å². The van der Waals surface area contributed by atoms with E-state index in [4.69, 9.17) is 14.6 Å². The standard InChI is InChI=1S/C18H27NO5/c1-18(2,3)24-16(21)15(11-7-8-12-20)19-17(22)23-13-14-9-5-4-6-10-14/h4-6,9-10,15,20H,7-8,11-13H2,1-3H3,(H,19,22)/t15-/m1/s1. The molecule has 0 aromatic heterocycles. The highest BCUT2D eigenvalue weighted by atomic mass is 16.6. The lowest BCUT2D eigenvalue weighted by molar-refractivity contribution is -0.157. The van der Waals surface area contributed by atoms with Crippen LogP contribution in [0.5, 0.6) is 0 Å². The Morgan fingerprint density at radius 3 is 2.42 bits per heavy atom. The molecule has 1 aromatic carbocycles. The number of rotatable bonds is 8. The third kappa shape index (κ3) is 8.53. The smallest absolute Gasteiger partial charge is 0.408 e. The number of alkyl carbamates (subject to hydrolysis) is 1. The maximum Gasteiger partial charge on any atom is 0.408 e. The summed E-state index contributed by atoms with van der Waals surface area (Å²) >= 11 is 0. The van der Waals surface area contributed by atoms with E-state index in [1.165, 1.54) is 0 Å². The van der Waals surface area contributed by atoms with Crippen LogP contribution >= 0.6 is 0 Å². The quantitative estimate of drug-likeness (QED) is 0.563. The summed E-state index contributed by atoms with van der Waals surface area (Å²) in [6.45, 7) is 5.47. The van der Waals surface area contributed by atoms with Crippen LogP contribution < -0.4 is 5.32 Å². The highest BCUT2D eigenvalue weighted by Gasteiger charge is 2.26. The Kier molecular flexibility index (Phi) is 8.26. The van der Waals surface area contributed by atoms with Crippen LogP contribution in [-0.2, 0) is 20.9 Å². The summed E-state index contributed by atoms with van der Waals surface area (Å²) in [6.07, 6.45) is 0.869. The molecule has 6 nitrogen and oxygen atoms in total. The number of carbonyl (C=O) groups excluding carboxylic acids is 2. The normalized spacial score (nSPS) is 12.3. The van der Waals surface area contributed by atoms with Crippen LogP contribution in [-0.4, -0.2) is 35.4 Å². The lowest BCUT2D eigenvalue weighted by Crippen LogP contribution is -2.44. The molecule has 6 heteroatoms. The fourth-order valence-electron chi connectivity index (χ4n) is 1.99. The summed E-state index contributed by atoms with van der Waals surface area (Å²) in [5.74, 6) is -0.503. The van der Waals surface area contributed by atoms with Crippen molar-refractivity contribution < 1.29 is 24.2 Å². The van der Waals surface area contributed by atoms with Gasteiger partial charge in [0, 0.05) is 6.61 Å². The van der Waals surface area contributed by atoms with E-state index < -0.39 is 23.7 Å². The molecule has 0 bridgehead atoms. The first-order chi connectivity index (χ1) is 11.3. The van der Waals surface area contributed by atoms with Crippen LogP contribution in [0.4, 0.5) is 4.79 Å². The van der Waals surface area contributed by atoms with Crippen molar-refractivity contribution >= 4 is 12.1 Å². The van der Waals surface area contributed by atoms with Crippen molar-refractivity contribution in [3.63, 3.8) is 0 Å². The summed E-state index contributed by atoms with van der Waals surface area (Å²) in [5.41, 5.74) is 0.226. The molecule has 0 radical (unpaired) electrons. The van der Waals surface area contributed by atoms with Crippen LogP contribution in [0.2, 0.25) is 0 Å². The van der Waals surface area contributed by atoms with Gasteiger partial charge in [-0.05, 0) is 45.6 Å². The predicted molar refractivity (Wildman–Crippen MR) is 90.3 cm³/mol. The average molecular weight is 337 g/mol. The maximum absolute atomic E-state index is 12.2. The largest absolute Gasteiger partial charge is 0.458 e. The summed E-state index contributed by atoms with van der Waals surface area (Å²) in [4.78, 5) is 24.1. The summed E-state index contributed by atoms with van der Waals surface area (Å²) in [7, 11) is 0. The second-order valence-electron chi connectivity index (χ2n) is 6.51. The van der Waals surface area contributed by atoms with Gasteiger partial charge in [-0.3, -0.25) is 0 Å². The second kappa shape index (κ2) is 9.93. The molecule has 0 aliphatic heterocycles. The monoisotopic (exact) mass is 337 g/mol. The number of esters is 1. The van der Waals surface area contributed by atoms with Gasteiger partial charge < -0.3 is 19.9 Å². The topological polar surface area (TPSA) is 84.9 Å². The number of unbranched alkanes of at least 4 members (excludes halogenated alkanes) is 1.